The third-order valence-corrected chi connectivity index (χ3v) is 4.90. The van der Waals surface area contributed by atoms with Crippen molar-refractivity contribution in [1.29, 1.82) is 0 Å². The smallest absolute Gasteiger partial charge is 0.327 e. The van der Waals surface area contributed by atoms with Crippen molar-refractivity contribution < 1.29 is 19.1 Å². The molecule has 1 saturated heterocycles. The molecule has 7 heteroatoms. The maximum absolute atomic E-state index is 12.1. The van der Waals surface area contributed by atoms with Gasteiger partial charge in [0.25, 0.3) is 5.91 Å². The van der Waals surface area contributed by atoms with Crippen molar-refractivity contribution in [1.82, 2.24) is 9.80 Å². The van der Waals surface area contributed by atoms with Gasteiger partial charge >= 0.3 is 6.03 Å². The van der Waals surface area contributed by atoms with Gasteiger partial charge in [-0.3, -0.25) is 9.69 Å². The van der Waals surface area contributed by atoms with Crippen LogP contribution in [0.1, 0.15) is 12.5 Å². The fourth-order valence-electron chi connectivity index (χ4n) is 2.37. The second kappa shape index (κ2) is 6.72. The van der Waals surface area contributed by atoms with Crippen LogP contribution in [0.4, 0.5) is 4.79 Å². The van der Waals surface area contributed by atoms with Crippen LogP contribution in [0.5, 0.6) is 11.5 Å². The molecule has 120 valence electrons. The summed E-state index contributed by atoms with van der Waals surface area (Å²) in [6.07, 6.45) is 0.580. The summed E-state index contributed by atoms with van der Waals surface area (Å²) in [6, 6.07) is 3.14. The van der Waals surface area contributed by atoms with Gasteiger partial charge in [-0.1, -0.05) is 0 Å². The van der Waals surface area contributed by atoms with Crippen LogP contribution in [0, 0.1) is 3.57 Å². The van der Waals surface area contributed by atoms with Crippen LogP contribution in [0.2, 0.25) is 0 Å². The minimum absolute atomic E-state index is 0.150. The van der Waals surface area contributed by atoms with Crippen LogP contribution in [-0.4, -0.2) is 55.6 Å². The van der Waals surface area contributed by atoms with Gasteiger partial charge in [-0.15, -0.1) is 0 Å². The fourth-order valence-corrected chi connectivity index (χ4v) is 3.08. The molecule has 1 atom stereocenters. The van der Waals surface area contributed by atoms with Crippen LogP contribution in [0.3, 0.4) is 0 Å². The van der Waals surface area contributed by atoms with Crippen molar-refractivity contribution >= 4 is 34.5 Å². The number of amides is 3. The molecule has 1 aromatic carbocycles. The summed E-state index contributed by atoms with van der Waals surface area (Å²) in [5, 5.41) is 0. The van der Waals surface area contributed by atoms with Crippen LogP contribution in [0.15, 0.2) is 12.1 Å². The number of likely N-dealkylation sites (N-methyl/N-ethyl adjacent to an activating group) is 1. The molecule has 0 bridgehead atoms. The summed E-state index contributed by atoms with van der Waals surface area (Å²) in [4.78, 5) is 26.9. The third kappa shape index (κ3) is 2.99. The van der Waals surface area contributed by atoms with Crippen molar-refractivity contribution in [3.05, 3.63) is 21.3 Å². The Labute approximate surface area is 143 Å². The van der Waals surface area contributed by atoms with Gasteiger partial charge in [0.15, 0.2) is 11.5 Å². The summed E-state index contributed by atoms with van der Waals surface area (Å²) in [7, 11) is 4.82. The van der Waals surface area contributed by atoms with Crippen molar-refractivity contribution in [2.45, 2.75) is 19.4 Å². The topological polar surface area (TPSA) is 59.1 Å². The number of rotatable bonds is 5. The number of nitrogens with zero attached hydrogens (tertiary/aromatic N) is 2. The summed E-state index contributed by atoms with van der Waals surface area (Å²) in [5.74, 6) is 1.16. The van der Waals surface area contributed by atoms with Gasteiger partial charge in [0.1, 0.15) is 6.04 Å². The Hall–Kier alpha value is -1.51. The van der Waals surface area contributed by atoms with E-state index < -0.39 is 6.04 Å². The summed E-state index contributed by atoms with van der Waals surface area (Å²) in [5.41, 5.74) is 1.01. The van der Waals surface area contributed by atoms with Crippen molar-refractivity contribution in [2.24, 2.45) is 0 Å². The lowest BCUT2D eigenvalue weighted by molar-refractivity contribution is -0.127. The van der Waals surface area contributed by atoms with Gasteiger partial charge < -0.3 is 14.4 Å². The number of hydrogen-bond donors (Lipinski definition) is 0. The molecule has 0 spiro atoms. The zero-order valence-corrected chi connectivity index (χ0v) is 15.2. The highest BCUT2D eigenvalue weighted by Gasteiger charge is 2.39. The molecule has 22 heavy (non-hydrogen) atoms. The van der Waals surface area contributed by atoms with E-state index in [9.17, 15) is 9.59 Å². The first-order valence-corrected chi connectivity index (χ1v) is 7.97. The summed E-state index contributed by atoms with van der Waals surface area (Å²) in [6.45, 7) is 2.10. The molecule has 3 amide bonds. The molecular weight excluding hydrogens is 399 g/mol. The molecular formula is C15H19IN2O4. The van der Waals surface area contributed by atoms with Crippen LogP contribution in [-0.2, 0) is 11.2 Å². The second-order valence-electron chi connectivity index (χ2n) is 5.11. The Morgan fingerprint density at radius 3 is 2.27 bits per heavy atom. The monoisotopic (exact) mass is 418 g/mol. The van der Waals surface area contributed by atoms with Crippen LogP contribution >= 0.6 is 22.6 Å². The highest BCUT2D eigenvalue weighted by atomic mass is 127. The lowest BCUT2D eigenvalue weighted by Crippen LogP contribution is -2.33. The van der Waals surface area contributed by atoms with Gasteiger partial charge in [-0.05, 0) is 53.6 Å². The van der Waals surface area contributed by atoms with Gasteiger partial charge in [-0.25, -0.2) is 4.79 Å². The first kappa shape index (κ1) is 16.9. The predicted octanol–water partition coefficient (Wildman–Crippen LogP) is 2.13. The zero-order chi connectivity index (χ0) is 16.4. The normalized spacial score (nSPS) is 18.1. The zero-order valence-electron chi connectivity index (χ0n) is 13.1. The van der Waals surface area contributed by atoms with E-state index in [1.54, 1.807) is 28.2 Å². The van der Waals surface area contributed by atoms with Crippen molar-refractivity contribution in [3.63, 3.8) is 0 Å². The first-order chi connectivity index (χ1) is 10.4. The number of urea groups is 1. The van der Waals surface area contributed by atoms with Gasteiger partial charge in [0.2, 0.25) is 0 Å². The lowest BCUT2D eigenvalue weighted by Gasteiger charge is -2.16. The molecule has 1 unspecified atom stereocenters. The number of methoxy groups -OCH3 is 2. The number of ether oxygens (including phenoxy) is 2. The van der Waals surface area contributed by atoms with E-state index in [0.29, 0.717) is 24.5 Å². The standard InChI is InChI=1S/C15H19IN2O4/c1-9-14(19)18(15(20)17(9)2)6-5-10-7-12(21-3)13(22-4)8-11(10)16/h7-9H,5-6H2,1-4H3. The lowest BCUT2D eigenvalue weighted by atomic mass is 10.1. The van der Waals surface area contributed by atoms with Gasteiger partial charge in [-0.2, -0.15) is 0 Å². The molecule has 1 aromatic rings. The Morgan fingerprint density at radius 2 is 1.77 bits per heavy atom. The van der Waals surface area contributed by atoms with Crippen LogP contribution in [0.25, 0.3) is 0 Å². The third-order valence-electron chi connectivity index (χ3n) is 3.89. The molecule has 0 saturated carbocycles. The average Bonchev–Trinajstić information content (AvgIpc) is 2.70. The Kier molecular flexibility index (Phi) is 5.15. The maximum atomic E-state index is 12.1. The Bertz CT molecular complexity index is 585. The molecule has 1 heterocycles. The Morgan fingerprint density at radius 1 is 1.18 bits per heavy atom. The predicted molar refractivity (Wildman–Crippen MR) is 90.3 cm³/mol. The molecule has 0 aliphatic carbocycles. The SMILES string of the molecule is COc1cc(I)c(CCN2C(=O)C(C)N(C)C2=O)cc1OC. The first-order valence-electron chi connectivity index (χ1n) is 6.89. The van der Waals surface area contributed by atoms with Crippen molar-refractivity contribution in [3.8, 4) is 11.5 Å². The molecule has 1 aliphatic heterocycles. The van der Waals surface area contributed by atoms with E-state index in [4.69, 9.17) is 9.47 Å². The van der Waals surface area contributed by atoms with E-state index in [1.807, 2.05) is 12.1 Å². The molecule has 2 rings (SSSR count). The Balaban J connectivity index is 2.15. The number of halogens is 1. The number of imide groups is 1. The second-order valence-corrected chi connectivity index (χ2v) is 6.27. The quantitative estimate of drug-likeness (QED) is 0.543. The molecule has 1 aliphatic rings. The van der Waals surface area contributed by atoms with Crippen molar-refractivity contribution in [2.75, 3.05) is 27.8 Å². The van der Waals surface area contributed by atoms with E-state index in [-0.39, 0.29) is 11.9 Å². The van der Waals surface area contributed by atoms with E-state index in [0.717, 1.165) is 9.13 Å². The molecule has 0 N–H and O–H groups in total. The maximum Gasteiger partial charge on any atom is 0.327 e. The van der Waals surface area contributed by atoms with Crippen LogP contribution < -0.4 is 9.47 Å². The van der Waals surface area contributed by atoms with E-state index >= 15 is 0 Å². The highest BCUT2D eigenvalue weighted by molar-refractivity contribution is 14.1. The minimum Gasteiger partial charge on any atom is -0.493 e. The molecule has 0 radical (unpaired) electrons. The number of carbonyl (C=O) groups is 2. The fraction of sp³-hybridized carbons (Fsp3) is 0.467. The number of carbonyl (C=O) groups excluding carboxylic acids is 2. The highest BCUT2D eigenvalue weighted by Crippen LogP contribution is 2.31. The summed E-state index contributed by atoms with van der Waals surface area (Å²) < 4.78 is 11.6. The molecule has 1 fully saturated rings. The number of benzene rings is 1. The largest absolute Gasteiger partial charge is 0.493 e. The number of hydrogen-bond acceptors (Lipinski definition) is 4. The summed E-state index contributed by atoms with van der Waals surface area (Å²) >= 11 is 2.21. The molecule has 6 nitrogen and oxygen atoms in total. The minimum atomic E-state index is -0.392. The molecule has 0 aromatic heterocycles. The van der Waals surface area contributed by atoms with E-state index in [2.05, 4.69) is 22.6 Å². The van der Waals surface area contributed by atoms with Gasteiger partial charge in [0.05, 0.1) is 14.2 Å². The van der Waals surface area contributed by atoms with Gasteiger partial charge in [0, 0.05) is 17.2 Å². The average molecular weight is 418 g/mol. The van der Waals surface area contributed by atoms with E-state index in [1.165, 1.54) is 9.80 Å².